The molecule has 0 atom stereocenters. The van der Waals surface area contributed by atoms with Crippen LogP contribution in [0.1, 0.15) is 33.1 Å². The minimum atomic E-state index is -4.56. The number of nitrogens with one attached hydrogen (secondary N) is 2. The van der Waals surface area contributed by atoms with Gasteiger partial charge in [-0.2, -0.15) is 18.3 Å². The maximum atomic E-state index is 12.7. The molecular weight excluding hydrogens is 347 g/mol. The number of amides is 1. The van der Waals surface area contributed by atoms with Crippen LogP contribution in [0, 0.1) is 13.8 Å². The number of carbonyl (C=O) groups excluding carboxylic acids is 1. The highest BCUT2D eigenvalue weighted by molar-refractivity contribution is 5.97. The molecule has 3 rings (SSSR count). The van der Waals surface area contributed by atoms with Crippen molar-refractivity contribution in [2.24, 2.45) is 0 Å². The zero-order chi connectivity index (χ0) is 19.1. The SMILES string of the molecule is Cc1n[nH]c(C)c1CCN(C)C(=O)c1ccc2nc(C(F)(F)F)[nH]c2c1. The Bertz CT molecular complexity index is 938. The Hall–Kier alpha value is -2.84. The second-order valence-electron chi connectivity index (χ2n) is 6.20. The third-order valence-corrected chi connectivity index (χ3v) is 4.32. The lowest BCUT2D eigenvalue weighted by molar-refractivity contribution is -0.144. The van der Waals surface area contributed by atoms with Gasteiger partial charge in [-0.1, -0.05) is 0 Å². The second-order valence-corrected chi connectivity index (χ2v) is 6.20. The highest BCUT2D eigenvalue weighted by Crippen LogP contribution is 2.28. The quantitative estimate of drug-likeness (QED) is 0.745. The first-order valence-corrected chi connectivity index (χ1v) is 7.99. The van der Waals surface area contributed by atoms with Gasteiger partial charge >= 0.3 is 6.18 Å². The van der Waals surface area contributed by atoms with Crippen molar-refractivity contribution in [3.63, 3.8) is 0 Å². The summed E-state index contributed by atoms with van der Waals surface area (Å²) in [5, 5.41) is 7.02. The van der Waals surface area contributed by atoms with Crippen molar-refractivity contribution in [2.75, 3.05) is 13.6 Å². The van der Waals surface area contributed by atoms with Gasteiger partial charge in [-0.25, -0.2) is 4.98 Å². The van der Waals surface area contributed by atoms with E-state index >= 15 is 0 Å². The Kier molecular flexibility index (Phi) is 4.47. The van der Waals surface area contributed by atoms with Crippen LogP contribution in [0.5, 0.6) is 0 Å². The fourth-order valence-electron chi connectivity index (χ4n) is 2.82. The molecule has 3 aromatic rings. The molecule has 0 unspecified atom stereocenters. The largest absolute Gasteiger partial charge is 0.449 e. The maximum absolute atomic E-state index is 12.7. The van der Waals surface area contributed by atoms with Gasteiger partial charge in [0.05, 0.1) is 16.7 Å². The van der Waals surface area contributed by atoms with E-state index in [1.54, 1.807) is 7.05 Å². The van der Waals surface area contributed by atoms with Crippen LogP contribution < -0.4 is 0 Å². The van der Waals surface area contributed by atoms with Crippen LogP contribution in [0.25, 0.3) is 11.0 Å². The van der Waals surface area contributed by atoms with Gasteiger partial charge in [0.25, 0.3) is 5.91 Å². The number of aromatic nitrogens is 4. The first-order chi connectivity index (χ1) is 12.2. The van der Waals surface area contributed by atoms with Gasteiger partial charge in [0.1, 0.15) is 0 Å². The number of carbonyl (C=O) groups is 1. The first-order valence-electron chi connectivity index (χ1n) is 7.99. The molecule has 26 heavy (non-hydrogen) atoms. The molecule has 138 valence electrons. The van der Waals surface area contributed by atoms with Gasteiger partial charge in [0.15, 0.2) is 0 Å². The number of likely N-dealkylation sites (N-methyl/N-ethyl adjacent to an activating group) is 1. The number of H-pyrrole nitrogens is 2. The Morgan fingerprint density at radius 1 is 1.27 bits per heavy atom. The molecule has 2 aromatic heterocycles. The summed E-state index contributed by atoms with van der Waals surface area (Å²) in [6.45, 7) is 4.28. The molecule has 0 radical (unpaired) electrons. The molecule has 0 fully saturated rings. The zero-order valence-electron chi connectivity index (χ0n) is 14.5. The normalized spacial score (nSPS) is 11.9. The van der Waals surface area contributed by atoms with E-state index in [0.29, 0.717) is 18.5 Å². The van der Waals surface area contributed by atoms with Gasteiger partial charge in [0.2, 0.25) is 5.82 Å². The molecule has 6 nitrogen and oxygen atoms in total. The second kappa shape index (κ2) is 6.47. The van der Waals surface area contributed by atoms with Gasteiger partial charge in [-0.3, -0.25) is 9.89 Å². The molecule has 0 aliphatic carbocycles. The summed E-state index contributed by atoms with van der Waals surface area (Å²) >= 11 is 0. The van der Waals surface area contributed by atoms with Crippen molar-refractivity contribution < 1.29 is 18.0 Å². The monoisotopic (exact) mass is 365 g/mol. The summed E-state index contributed by atoms with van der Waals surface area (Å²) in [5.41, 5.74) is 3.56. The van der Waals surface area contributed by atoms with Crippen LogP contribution >= 0.6 is 0 Å². The van der Waals surface area contributed by atoms with Crippen LogP contribution in [-0.4, -0.2) is 44.6 Å². The lowest BCUT2D eigenvalue weighted by atomic mass is 10.1. The lowest BCUT2D eigenvalue weighted by Gasteiger charge is -2.17. The standard InChI is InChI=1S/C17H18F3N5O/c1-9-12(10(2)24-23-9)6-7-25(3)15(26)11-4-5-13-14(8-11)22-16(21-13)17(18,19)20/h4-5,8H,6-7H2,1-3H3,(H,21,22)(H,23,24). The number of nitrogens with zero attached hydrogens (tertiary/aromatic N) is 3. The topological polar surface area (TPSA) is 77.7 Å². The van der Waals surface area contributed by atoms with E-state index in [-0.39, 0.29) is 16.9 Å². The molecule has 2 N–H and O–H groups in total. The van der Waals surface area contributed by atoms with Crippen LogP contribution in [0.3, 0.4) is 0 Å². The smallest absolute Gasteiger partial charge is 0.341 e. The molecule has 1 aromatic carbocycles. The molecule has 0 saturated carbocycles. The van der Waals surface area contributed by atoms with E-state index in [0.717, 1.165) is 17.0 Å². The number of hydrogen-bond donors (Lipinski definition) is 2. The molecule has 0 spiro atoms. The van der Waals surface area contributed by atoms with Crippen LogP contribution in [0.15, 0.2) is 18.2 Å². The predicted molar refractivity (Wildman–Crippen MR) is 89.8 cm³/mol. The van der Waals surface area contributed by atoms with Crippen molar-refractivity contribution in [2.45, 2.75) is 26.4 Å². The molecule has 0 saturated heterocycles. The number of halogens is 3. The molecular formula is C17H18F3N5O. The molecule has 9 heteroatoms. The van der Waals surface area contributed by atoms with E-state index in [4.69, 9.17) is 0 Å². The minimum absolute atomic E-state index is 0.168. The Labute approximate surface area is 147 Å². The number of imidazole rings is 1. The average Bonchev–Trinajstić information content (AvgIpc) is 3.15. The molecule has 1 amide bonds. The summed E-state index contributed by atoms with van der Waals surface area (Å²) in [7, 11) is 1.66. The van der Waals surface area contributed by atoms with E-state index in [2.05, 4.69) is 20.2 Å². The lowest BCUT2D eigenvalue weighted by Crippen LogP contribution is -2.29. The number of benzene rings is 1. The Morgan fingerprint density at radius 2 is 2.00 bits per heavy atom. The number of hydrogen-bond acceptors (Lipinski definition) is 3. The summed E-state index contributed by atoms with van der Waals surface area (Å²) in [6.07, 6.45) is -3.92. The third-order valence-electron chi connectivity index (χ3n) is 4.32. The first kappa shape index (κ1) is 18.0. The van der Waals surface area contributed by atoms with E-state index in [9.17, 15) is 18.0 Å². The van der Waals surface area contributed by atoms with Crippen molar-refractivity contribution in [3.8, 4) is 0 Å². The van der Waals surface area contributed by atoms with Gasteiger partial charge < -0.3 is 9.88 Å². The molecule has 0 aliphatic rings. The third kappa shape index (κ3) is 3.42. The van der Waals surface area contributed by atoms with Crippen LogP contribution in [-0.2, 0) is 12.6 Å². The summed E-state index contributed by atoms with van der Waals surface area (Å²) in [5.74, 6) is -1.34. The highest BCUT2D eigenvalue weighted by Gasteiger charge is 2.34. The zero-order valence-corrected chi connectivity index (χ0v) is 14.5. The number of aromatic amines is 2. The highest BCUT2D eigenvalue weighted by atomic mass is 19.4. The van der Waals surface area contributed by atoms with Gasteiger partial charge in [-0.05, 0) is 44.0 Å². The predicted octanol–water partition coefficient (Wildman–Crippen LogP) is 3.24. The Morgan fingerprint density at radius 3 is 2.62 bits per heavy atom. The van der Waals surface area contributed by atoms with E-state index < -0.39 is 12.0 Å². The van der Waals surface area contributed by atoms with E-state index in [1.165, 1.54) is 23.1 Å². The van der Waals surface area contributed by atoms with Crippen LogP contribution in [0.4, 0.5) is 13.2 Å². The Balaban J connectivity index is 1.76. The van der Waals surface area contributed by atoms with Crippen molar-refractivity contribution in [3.05, 3.63) is 46.5 Å². The van der Waals surface area contributed by atoms with E-state index in [1.807, 2.05) is 13.8 Å². The van der Waals surface area contributed by atoms with Crippen molar-refractivity contribution >= 4 is 16.9 Å². The maximum Gasteiger partial charge on any atom is 0.449 e. The molecule has 2 heterocycles. The number of fused-ring (bicyclic) bond motifs is 1. The van der Waals surface area contributed by atoms with Crippen LogP contribution in [0.2, 0.25) is 0 Å². The summed E-state index contributed by atoms with van der Waals surface area (Å²) < 4.78 is 38.2. The molecule has 0 bridgehead atoms. The molecule has 0 aliphatic heterocycles. The number of alkyl halides is 3. The fourth-order valence-corrected chi connectivity index (χ4v) is 2.82. The van der Waals surface area contributed by atoms with Gasteiger partial charge in [0, 0.05) is 24.8 Å². The summed E-state index contributed by atoms with van der Waals surface area (Å²) in [6, 6.07) is 4.29. The van der Waals surface area contributed by atoms with Crippen molar-refractivity contribution in [1.82, 2.24) is 25.1 Å². The minimum Gasteiger partial charge on any atom is -0.341 e. The number of rotatable bonds is 4. The van der Waals surface area contributed by atoms with Gasteiger partial charge in [-0.15, -0.1) is 0 Å². The number of aryl methyl sites for hydroxylation is 2. The average molecular weight is 365 g/mol. The van der Waals surface area contributed by atoms with Crippen molar-refractivity contribution in [1.29, 1.82) is 0 Å². The fraction of sp³-hybridized carbons (Fsp3) is 0.353. The summed E-state index contributed by atoms with van der Waals surface area (Å²) in [4.78, 5) is 19.8.